The molecule has 3 rings (SSSR count). The van der Waals surface area contributed by atoms with Crippen molar-refractivity contribution in [3.05, 3.63) is 35.4 Å². The van der Waals surface area contributed by atoms with Crippen LogP contribution >= 0.6 is 0 Å². The number of anilines is 1. The van der Waals surface area contributed by atoms with Crippen molar-refractivity contribution in [3.63, 3.8) is 0 Å². The highest BCUT2D eigenvalue weighted by molar-refractivity contribution is 5.44. The van der Waals surface area contributed by atoms with Gasteiger partial charge in [0.15, 0.2) is 0 Å². The van der Waals surface area contributed by atoms with Crippen LogP contribution in [-0.2, 0) is 6.54 Å². The number of pyridine rings is 1. The zero-order valence-corrected chi connectivity index (χ0v) is 11.6. The van der Waals surface area contributed by atoms with Gasteiger partial charge in [-0.2, -0.15) is 0 Å². The first-order chi connectivity index (χ1) is 9.83. The van der Waals surface area contributed by atoms with Crippen LogP contribution in [0.3, 0.4) is 0 Å². The average Bonchev–Trinajstić information content (AvgIpc) is 2.92. The largest absolute Gasteiger partial charge is 0.379 e. The third-order valence-corrected chi connectivity index (χ3v) is 3.74. The maximum atomic E-state index is 4.69. The van der Waals surface area contributed by atoms with Crippen LogP contribution in [0.25, 0.3) is 0 Å². The number of piperidine rings is 1. The number of nitrogens with one attached hydrogen (secondary N) is 2. The summed E-state index contributed by atoms with van der Waals surface area (Å²) in [4.78, 5) is 4.51. The highest BCUT2D eigenvalue weighted by Gasteiger charge is 2.16. The van der Waals surface area contributed by atoms with Crippen LogP contribution < -0.4 is 10.6 Å². The summed E-state index contributed by atoms with van der Waals surface area (Å²) in [7, 11) is 0. The van der Waals surface area contributed by atoms with E-state index in [1.54, 1.807) is 0 Å². The third-order valence-electron chi connectivity index (χ3n) is 3.74. The van der Waals surface area contributed by atoms with Crippen molar-refractivity contribution < 1.29 is 4.63 Å². The molecule has 6 heteroatoms. The van der Waals surface area contributed by atoms with E-state index in [1.807, 2.05) is 19.2 Å². The van der Waals surface area contributed by atoms with E-state index in [0.717, 1.165) is 43.0 Å². The van der Waals surface area contributed by atoms with Gasteiger partial charge >= 0.3 is 0 Å². The minimum Gasteiger partial charge on any atom is -0.379 e. The van der Waals surface area contributed by atoms with Gasteiger partial charge in [-0.25, -0.2) is 4.63 Å². The van der Waals surface area contributed by atoms with Crippen LogP contribution in [0.15, 0.2) is 23.0 Å². The molecular weight excluding hydrogens is 254 g/mol. The Balaban J connectivity index is 1.66. The van der Waals surface area contributed by atoms with Crippen molar-refractivity contribution >= 4 is 5.69 Å². The highest BCUT2D eigenvalue weighted by atomic mass is 16.6. The van der Waals surface area contributed by atoms with Crippen LogP contribution in [-0.4, -0.2) is 28.4 Å². The van der Waals surface area contributed by atoms with Crippen LogP contribution in [0.5, 0.6) is 0 Å². The van der Waals surface area contributed by atoms with Crippen LogP contribution in [0.1, 0.15) is 35.8 Å². The van der Waals surface area contributed by atoms with Gasteiger partial charge in [0.2, 0.25) is 0 Å². The van der Waals surface area contributed by atoms with E-state index in [9.17, 15) is 0 Å². The molecule has 0 unspecified atom stereocenters. The Morgan fingerprint density at radius 2 is 2.20 bits per heavy atom. The van der Waals surface area contributed by atoms with E-state index in [1.165, 1.54) is 5.69 Å². The summed E-state index contributed by atoms with van der Waals surface area (Å²) >= 11 is 0. The lowest BCUT2D eigenvalue weighted by atomic mass is 9.94. The fraction of sp³-hybridized carbons (Fsp3) is 0.500. The van der Waals surface area contributed by atoms with Gasteiger partial charge in [0.05, 0.1) is 6.54 Å². The molecule has 106 valence electrons. The average molecular weight is 273 g/mol. The lowest BCUT2D eigenvalue weighted by Gasteiger charge is -2.22. The first-order valence-electron chi connectivity index (χ1n) is 7.01. The van der Waals surface area contributed by atoms with Gasteiger partial charge in [-0.1, -0.05) is 10.3 Å². The Hall–Kier alpha value is -1.95. The number of rotatable bonds is 4. The maximum absolute atomic E-state index is 4.69. The summed E-state index contributed by atoms with van der Waals surface area (Å²) in [5.74, 6) is 0.563. The molecule has 2 aromatic rings. The molecule has 0 radical (unpaired) electrons. The van der Waals surface area contributed by atoms with E-state index in [2.05, 4.69) is 32.0 Å². The van der Waals surface area contributed by atoms with E-state index < -0.39 is 0 Å². The molecule has 1 aliphatic rings. The molecule has 2 aromatic heterocycles. The zero-order valence-electron chi connectivity index (χ0n) is 11.6. The summed E-state index contributed by atoms with van der Waals surface area (Å²) in [6.07, 6.45) is 4.18. The normalized spacial score (nSPS) is 16.2. The summed E-state index contributed by atoms with van der Waals surface area (Å²) in [5, 5.41) is 14.4. The second-order valence-corrected chi connectivity index (χ2v) is 5.14. The quantitative estimate of drug-likeness (QED) is 0.885. The molecule has 0 atom stereocenters. The van der Waals surface area contributed by atoms with Crippen molar-refractivity contribution in [2.75, 3.05) is 18.4 Å². The lowest BCUT2D eigenvalue weighted by Crippen LogP contribution is -2.27. The molecule has 0 aromatic carbocycles. The van der Waals surface area contributed by atoms with E-state index in [0.29, 0.717) is 12.5 Å². The molecule has 3 heterocycles. The van der Waals surface area contributed by atoms with Crippen molar-refractivity contribution in [2.45, 2.75) is 32.2 Å². The minimum atomic E-state index is 0.563. The molecule has 1 aliphatic heterocycles. The van der Waals surface area contributed by atoms with E-state index in [4.69, 9.17) is 4.63 Å². The van der Waals surface area contributed by atoms with Gasteiger partial charge < -0.3 is 10.6 Å². The minimum absolute atomic E-state index is 0.563. The molecule has 0 spiro atoms. The van der Waals surface area contributed by atoms with Crippen molar-refractivity contribution in [1.29, 1.82) is 0 Å². The molecule has 0 saturated carbocycles. The van der Waals surface area contributed by atoms with E-state index in [-0.39, 0.29) is 0 Å². The predicted octanol–water partition coefficient (Wildman–Crippen LogP) is 1.85. The van der Waals surface area contributed by atoms with Gasteiger partial charge in [0.25, 0.3) is 0 Å². The van der Waals surface area contributed by atoms with Gasteiger partial charge in [-0.15, -0.1) is 0 Å². The van der Waals surface area contributed by atoms with Crippen molar-refractivity contribution in [2.24, 2.45) is 0 Å². The van der Waals surface area contributed by atoms with Crippen LogP contribution in [0.2, 0.25) is 0 Å². The topological polar surface area (TPSA) is 75.9 Å². The fourth-order valence-corrected chi connectivity index (χ4v) is 2.49. The molecule has 1 fully saturated rings. The summed E-state index contributed by atoms with van der Waals surface area (Å²) in [5.41, 5.74) is 3.90. The Kier molecular flexibility index (Phi) is 3.92. The molecule has 1 saturated heterocycles. The summed E-state index contributed by atoms with van der Waals surface area (Å²) in [6.45, 7) is 4.66. The Morgan fingerprint density at radius 3 is 2.95 bits per heavy atom. The van der Waals surface area contributed by atoms with Crippen molar-refractivity contribution in [3.8, 4) is 0 Å². The summed E-state index contributed by atoms with van der Waals surface area (Å²) < 4.78 is 4.69. The maximum Gasteiger partial charge on any atom is 0.127 e. The molecule has 2 N–H and O–H groups in total. The number of aryl methyl sites for hydroxylation is 1. The fourth-order valence-electron chi connectivity index (χ4n) is 2.49. The first kappa shape index (κ1) is 13.1. The van der Waals surface area contributed by atoms with Gasteiger partial charge in [0.1, 0.15) is 11.4 Å². The lowest BCUT2D eigenvalue weighted by molar-refractivity contribution is 0.301. The summed E-state index contributed by atoms with van der Waals surface area (Å²) in [6, 6.07) is 4.12. The van der Waals surface area contributed by atoms with Crippen LogP contribution in [0, 0.1) is 6.92 Å². The molecule has 6 nitrogen and oxygen atoms in total. The number of hydrogen-bond acceptors (Lipinski definition) is 6. The molecule has 0 bridgehead atoms. The smallest absolute Gasteiger partial charge is 0.127 e. The zero-order chi connectivity index (χ0) is 13.8. The van der Waals surface area contributed by atoms with Gasteiger partial charge in [0, 0.05) is 23.5 Å². The highest BCUT2D eigenvalue weighted by Crippen LogP contribution is 2.25. The Labute approximate surface area is 117 Å². The third kappa shape index (κ3) is 2.96. The van der Waals surface area contributed by atoms with Gasteiger partial charge in [-0.05, 0) is 45.0 Å². The first-order valence-corrected chi connectivity index (χ1v) is 7.01. The van der Waals surface area contributed by atoms with Crippen LogP contribution in [0.4, 0.5) is 5.69 Å². The number of hydrogen-bond donors (Lipinski definition) is 2. The predicted molar refractivity (Wildman–Crippen MR) is 75.4 cm³/mol. The van der Waals surface area contributed by atoms with Gasteiger partial charge in [-0.3, -0.25) is 4.98 Å². The number of aromatic nitrogens is 3. The van der Waals surface area contributed by atoms with Crippen molar-refractivity contribution in [1.82, 2.24) is 20.6 Å². The Bertz CT molecular complexity index is 562. The number of nitrogens with zero attached hydrogens (tertiary/aromatic N) is 3. The second kappa shape index (κ2) is 6.00. The molecule has 20 heavy (non-hydrogen) atoms. The molecular formula is C14H19N5O. The Morgan fingerprint density at radius 1 is 1.35 bits per heavy atom. The SMILES string of the molecule is Cc1nonc1CNc1ccnc(C2CCNCC2)c1. The second-order valence-electron chi connectivity index (χ2n) is 5.14. The molecule has 0 amide bonds. The standard InChI is InChI=1S/C14H19N5O/c1-10-14(19-20-18-10)9-17-12-4-7-16-13(8-12)11-2-5-15-6-3-11/h4,7-8,11,15H,2-3,5-6,9H2,1H3,(H,16,17). The monoisotopic (exact) mass is 273 g/mol. The molecule has 0 aliphatic carbocycles. The van der Waals surface area contributed by atoms with E-state index >= 15 is 0 Å².